The van der Waals surface area contributed by atoms with E-state index in [0.29, 0.717) is 13.2 Å². The fraction of sp³-hybridized carbons (Fsp3) is 0.875. The zero-order valence-electron chi connectivity index (χ0n) is 13.9. The number of hydrogen-bond acceptors (Lipinski definition) is 7. The van der Waals surface area contributed by atoms with Gasteiger partial charge in [0.05, 0.1) is 13.2 Å². The Kier molecular flexibility index (Phi) is 15.4. The summed E-state index contributed by atoms with van der Waals surface area (Å²) in [6.45, 7) is 1.01. The van der Waals surface area contributed by atoms with Crippen LogP contribution in [0.3, 0.4) is 0 Å². The van der Waals surface area contributed by atoms with Crippen LogP contribution in [0, 0.1) is 0 Å². The molecule has 0 radical (unpaired) electrons. The van der Waals surface area contributed by atoms with Crippen LogP contribution in [0.1, 0.15) is 77.0 Å². The van der Waals surface area contributed by atoms with E-state index < -0.39 is 0 Å². The first-order valence-electron chi connectivity index (χ1n) is 8.72. The van der Waals surface area contributed by atoms with E-state index in [9.17, 15) is 0 Å². The lowest BCUT2D eigenvalue weighted by atomic mass is 10.1. The summed E-state index contributed by atoms with van der Waals surface area (Å²) in [7, 11) is 0. The van der Waals surface area contributed by atoms with Gasteiger partial charge in [0.2, 0.25) is 0 Å². The minimum absolute atomic E-state index is 0.455. The molecule has 0 fully saturated rings. The third kappa shape index (κ3) is 15.8. The molecule has 0 atom stereocenters. The highest BCUT2D eigenvalue weighted by Crippen LogP contribution is 2.12. The maximum Gasteiger partial charge on any atom is 0.171 e. The van der Waals surface area contributed by atoms with E-state index in [-0.39, 0.29) is 0 Å². The highest BCUT2D eigenvalue weighted by atomic mass is 17.8. The van der Waals surface area contributed by atoms with Crippen LogP contribution >= 0.6 is 0 Å². The number of rotatable bonds is 0. The van der Waals surface area contributed by atoms with E-state index in [4.69, 9.17) is 14.7 Å². The average molecular weight is 334 g/mol. The van der Waals surface area contributed by atoms with Crippen molar-refractivity contribution in [1.82, 2.24) is 0 Å². The Balaban J connectivity index is 2.05. The van der Waals surface area contributed by atoms with E-state index >= 15 is 0 Å². The van der Waals surface area contributed by atoms with Crippen LogP contribution in [0.25, 0.3) is 0 Å². The van der Waals surface area contributed by atoms with Crippen LogP contribution in [-0.4, -0.2) is 13.2 Å². The van der Waals surface area contributed by atoms with Crippen LogP contribution in [0.15, 0.2) is 12.5 Å². The van der Waals surface area contributed by atoms with Crippen molar-refractivity contribution in [2.24, 2.45) is 0 Å². The van der Waals surface area contributed by atoms with Gasteiger partial charge < -0.3 is 9.78 Å². The Morgan fingerprint density at radius 3 is 1.48 bits per heavy atom. The molecule has 136 valence electrons. The molecule has 0 bridgehead atoms. The molecule has 23 heavy (non-hydrogen) atoms. The minimum atomic E-state index is 0.455. The van der Waals surface area contributed by atoms with E-state index in [0.717, 1.165) is 31.9 Å². The van der Waals surface area contributed by atoms with Gasteiger partial charge in [0.25, 0.3) is 0 Å². The number of hydrogen-bond donors (Lipinski definition) is 0. The third-order valence-corrected chi connectivity index (χ3v) is 3.58. The SMILES string of the molecule is C1=C\OOOOOCCCCCCCCCCCCCCOO/1. The van der Waals surface area contributed by atoms with Crippen LogP contribution in [-0.2, 0) is 34.7 Å². The Morgan fingerprint density at radius 1 is 0.391 bits per heavy atom. The lowest BCUT2D eigenvalue weighted by molar-refractivity contribution is -0.700. The smallest absolute Gasteiger partial charge is 0.171 e. The van der Waals surface area contributed by atoms with Crippen molar-refractivity contribution in [2.45, 2.75) is 77.0 Å². The van der Waals surface area contributed by atoms with Crippen molar-refractivity contribution in [2.75, 3.05) is 13.2 Å². The zero-order valence-corrected chi connectivity index (χ0v) is 13.9. The second-order valence-corrected chi connectivity index (χ2v) is 5.56. The lowest BCUT2D eigenvalue weighted by Gasteiger charge is -2.03. The van der Waals surface area contributed by atoms with Crippen molar-refractivity contribution in [3.63, 3.8) is 0 Å². The van der Waals surface area contributed by atoms with Crippen molar-refractivity contribution < 1.29 is 34.7 Å². The normalized spacial score (nSPS) is 24.0. The quantitative estimate of drug-likeness (QED) is 0.587. The molecule has 1 aliphatic rings. The van der Waals surface area contributed by atoms with Gasteiger partial charge in [-0.15, -0.1) is 0 Å². The van der Waals surface area contributed by atoms with Crippen LogP contribution in [0.5, 0.6) is 0 Å². The van der Waals surface area contributed by atoms with Gasteiger partial charge in [0, 0.05) is 10.1 Å². The monoisotopic (exact) mass is 334 g/mol. The third-order valence-electron chi connectivity index (χ3n) is 3.58. The summed E-state index contributed by atoms with van der Waals surface area (Å²) in [6, 6.07) is 0. The predicted molar refractivity (Wildman–Crippen MR) is 81.9 cm³/mol. The summed E-state index contributed by atoms with van der Waals surface area (Å²) in [5.41, 5.74) is 0. The summed E-state index contributed by atoms with van der Waals surface area (Å²) in [5, 5.41) is 12.7. The fourth-order valence-corrected chi connectivity index (χ4v) is 2.33. The largest absolute Gasteiger partial charge is 0.342 e. The van der Waals surface area contributed by atoms with Gasteiger partial charge in [-0.3, -0.25) is 0 Å². The summed E-state index contributed by atoms with van der Waals surface area (Å²) >= 11 is 0. The standard InChI is InChI=1S/C16H30O7/c1-2-4-6-8-10-12-14-19-21-23-22-20-16-15-18-17-13-11-9-7-5-3-1/h15-16H,1-14H2/b16-15-. The highest BCUT2D eigenvalue weighted by molar-refractivity contribution is 4.55. The fourth-order valence-electron chi connectivity index (χ4n) is 2.33. The van der Waals surface area contributed by atoms with Crippen molar-refractivity contribution in [3.8, 4) is 0 Å². The summed E-state index contributed by atoms with van der Waals surface area (Å²) < 4.78 is 0. The van der Waals surface area contributed by atoms with E-state index in [1.165, 1.54) is 57.6 Å². The highest BCUT2D eigenvalue weighted by Gasteiger charge is 1.96. The predicted octanol–water partition coefficient (Wildman–Crippen LogP) is 4.84. The first-order valence-corrected chi connectivity index (χ1v) is 8.72. The molecular formula is C16H30O7. The Hall–Kier alpha value is -0.860. The van der Waals surface area contributed by atoms with Gasteiger partial charge in [-0.05, 0) is 17.9 Å². The molecule has 0 aliphatic carbocycles. The molecule has 0 saturated carbocycles. The summed E-state index contributed by atoms with van der Waals surface area (Å²) in [4.78, 5) is 18.9. The van der Waals surface area contributed by atoms with Crippen molar-refractivity contribution in [1.29, 1.82) is 0 Å². The average Bonchev–Trinajstić information content (AvgIpc) is 2.56. The molecule has 0 saturated heterocycles. The molecule has 0 N–H and O–H groups in total. The van der Waals surface area contributed by atoms with E-state index in [1.54, 1.807) is 0 Å². The Bertz CT molecular complexity index is 237. The van der Waals surface area contributed by atoms with Gasteiger partial charge in [0.1, 0.15) is 0 Å². The molecule has 0 aromatic heterocycles. The van der Waals surface area contributed by atoms with Crippen LogP contribution < -0.4 is 0 Å². The molecule has 0 aromatic carbocycles. The van der Waals surface area contributed by atoms with E-state index in [1.807, 2.05) is 0 Å². The Labute approximate surface area is 138 Å². The molecule has 0 spiro atoms. The van der Waals surface area contributed by atoms with Crippen LogP contribution in [0.4, 0.5) is 0 Å². The van der Waals surface area contributed by atoms with Crippen molar-refractivity contribution >= 4 is 0 Å². The Morgan fingerprint density at radius 2 is 0.870 bits per heavy atom. The van der Waals surface area contributed by atoms with Crippen LogP contribution in [0.2, 0.25) is 0 Å². The molecule has 1 heterocycles. The second-order valence-electron chi connectivity index (χ2n) is 5.56. The van der Waals surface area contributed by atoms with Gasteiger partial charge in [-0.2, -0.15) is 4.89 Å². The molecule has 7 heteroatoms. The second kappa shape index (κ2) is 17.5. The molecule has 0 aromatic rings. The van der Waals surface area contributed by atoms with Gasteiger partial charge >= 0.3 is 0 Å². The molecule has 7 nitrogen and oxygen atoms in total. The summed E-state index contributed by atoms with van der Waals surface area (Å²) in [5.74, 6) is 0. The lowest BCUT2D eigenvalue weighted by Crippen LogP contribution is -1.99. The maximum atomic E-state index is 4.94. The zero-order chi connectivity index (χ0) is 16.3. The molecule has 0 unspecified atom stereocenters. The minimum Gasteiger partial charge on any atom is -0.342 e. The van der Waals surface area contributed by atoms with Crippen molar-refractivity contribution in [3.05, 3.63) is 12.5 Å². The molecule has 1 aliphatic heterocycles. The van der Waals surface area contributed by atoms with Gasteiger partial charge in [-0.25, -0.2) is 4.89 Å². The van der Waals surface area contributed by atoms with Gasteiger partial charge in [0.15, 0.2) is 12.5 Å². The first-order chi connectivity index (χ1) is 11.5. The first kappa shape index (κ1) is 20.2. The molecular weight excluding hydrogens is 304 g/mol. The topological polar surface area (TPSA) is 64.6 Å². The summed E-state index contributed by atoms with van der Waals surface area (Å²) in [6.07, 6.45) is 16.9. The molecule has 0 amide bonds. The molecule has 1 rings (SSSR count). The van der Waals surface area contributed by atoms with E-state index in [2.05, 4.69) is 20.0 Å². The maximum absolute atomic E-state index is 4.94. The van der Waals surface area contributed by atoms with Gasteiger partial charge in [-0.1, -0.05) is 64.2 Å².